The maximum absolute atomic E-state index is 5.29. The van der Waals surface area contributed by atoms with Crippen molar-refractivity contribution in [2.75, 3.05) is 59.5 Å². The van der Waals surface area contributed by atoms with Crippen molar-refractivity contribution >= 4 is 0 Å². The van der Waals surface area contributed by atoms with E-state index >= 15 is 0 Å². The largest absolute Gasteiger partial charge is 0.383 e. The molecule has 3 unspecified atom stereocenters. The minimum Gasteiger partial charge on any atom is -0.383 e. The van der Waals surface area contributed by atoms with Crippen LogP contribution in [-0.2, 0) is 4.74 Å². The van der Waals surface area contributed by atoms with Gasteiger partial charge in [-0.15, -0.1) is 0 Å². The SMILES string of the molecule is COCCN1CCCC2(CCN(CC3CNNC3c3ccccc3)C2)C1. The molecule has 3 heterocycles. The van der Waals surface area contributed by atoms with Crippen molar-refractivity contribution in [1.29, 1.82) is 0 Å². The Hall–Kier alpha value is -0.980. The van der Waals surface area contributed by atoms with Crippen LogP contribution in [-0.4, -0.2) is 69.3 Å². The molecule has 1 aromatic rings. The third-order valence-corrected chi connectivity index (χ3v) is 6.61. The summed E-state index contributed by atoms with van der Waals surface area (Å²) < 4.78 is 5.29. The topological polar surface area (TPSA) is 39.8 Å². The Balaban J connectivity index is 1.34. The van der Waals surface area contributed by atoms with Crippen molar-refractivity contribution < 1.29 is 4.74 Å². The second kappa shape index (κ2) is 8.36. The van der Waals surface area contributed by atoms with Gasteiger partial charge in [0.25, 0.3) is 0 Å². The van der Waals surface area contributed by atoms with E-state index in [4.69, 9.17) is 4.74 Å². The molecule has 2 N–H and O–H groups in total. The lowest BCUT2D eigenvalue weighted by Crippen LogP contribution is -2.46. The Labute approximate surface area is 158 Å². The molecule has 0 aliphatic carbocycles. The van der Waals surface area contributed by atoms with Gasteiger partial charge in [-0.05, 0) is 43.3 Å². The molecule has 144 valence electrons. The lowest BCUT2D eigenvalue weighted by Gasteiger charge is -2.40. The normalized spacial score (nSPS) is 33.3. The second-order valence-electron chi connectivity index (χ2n) is 8.53. The molecule has 3 fully saturated rings. The van der Waals surface area contributed by atoms with E-state index in [0.717, 1.165) is 19.7 Å². The first-order chi connectivity index (χ1) is 12.8. The van der Waals surface area contributed by atoms with E-state index in [2.05, 4.69) is 51.0 Å². The number of hydrogen-bond donors (Lipinski definition) is 2. The zero-order valence-electron chi connectivity index (χ0n) is 16.1. The van der Waals surface area contributed by atoms with Gasteiger partial charge < -0.3 is 14.5 Å². The highest BCUT2D eigenvalue weighted by Gasteiger charge is 2.42. The van der Waals surface area contributed by atoms with Gasteiger partial charge in [0, 0.05) is 45.8 Å². The molecule has 5 nitrogen and oxygen atoms in total. The summed E-state index contributed by atoms with van der Waals surface area (Å²) in [5.41, 5.74) is 8.82. The number of nitrogens with one attached hydrogen (secondary N) is 2. The number of benzene rings is 1. The summed E-state index contributed by atoms with van der Waals surface area (Å²) in [7, 11) is 1.81. The van der Waals surface area contributed by atoms with Crippen LogP contribution in [0.25, 0.3) is 0 Å². The molecular formula is C21H34N4O. The van der Waals surface area contributed by atoms with Crippen LogP contribution in [0.3, 0.4) is 0 Å². The number of piperidine rings is 1. The van der Waals surface area contributed by atoms with E-state index in [1.807, 2.05) is 7.11 Å². The smallest absolute Gasteiger partial charge is 0.0589 e. The average molecular weight is 359 g/mol. The van der Waals surface area contributed by atoms with Gasteiger partial charge in [-0.3, -0.25) is 5.43 Å². The molecule has 0 bridgehead atoms. The fraction of sp³-hybridized carbons (Fsp3) is 0.714. The van der Waals surface area contributed by atoms with Crippen molar-refractivity contribution in [3.63, 3.8) is 0 Å². The number of ether oxygens (including phenoxy) is 1. The number of hydrazine groups is 1. The van der Waals surface area contributed by atoms with Gasteiger partial charge in [0.1, 0.15) is 0 Å². The summed E-state index contributed by atoms with van der Waals surface area (Å²) in [6.07, 6.45) is 4.10. The molecule has 0 aromatic heterocycles. The molecule has 3 aliphatic rings. The Bertz CT molecular complexity index is 568. The summed E-state index contributed by atoms with van der Waals surface area (Å²) in [5, 5.41) is 0. The molecule has 4 rings (SSSR count). The molecule has 26 heavy (non-hydrogen) atoms. The van der Waals surface area contributed by atoms with Crippen molar-refractivity contribution in [2.24, 2.45) is 11.3 Å². The number of hydrogen-bond acceptors (Lipinski definition) is 5. The predicted molar refractivity (Wildman–Crippen MR) is 105 cm³/mol. The molecule has 1 spiro atoms. The number of methoxy groups -OCH3 is 1. The highest BCUT2D eigenvalue weighted by Crippen LogP contribution is 2.39. The van der Waals surface area contributed by atoms with Crippen LogP contribution >= 0.6 is 0 Å². The van der Waals surface area contributed by atoms with Gasteiger partial charge in [0.2, 0.25) is 0 Å². The van der Waals surface area contributed by atoms with Crippen molar-refractivity contribution in [3.05, 3.63) is 35.9 Å². The first-order valence-electron chi connectivity index (χ1n) is 10.2. The van der Waals surface area contributed by atoms with Gasteiger partial charge >= 0.3 is 0 Å². The van der Waals surface area contributed by atoms with Crippen molar-refractivity contribution in [1.82, 2.24) is 20.7 Å². The molecule has 0 saturated carbocycles. The third-order valence-electron chi connectivity index (χ3n) is 6.61. The third kappa shape index (κ3) is 4.12. The van der Waals surface area contributed by atoms with E-state index in [9.17, 15) is 0 Å². The zero-order chi connectivity index (χ0) is 17.8. The van der Waals surface area contributed by atoms with Crippen molar-refractivity contribution in [3.8, 4) is 0 Å². The van der Waals surface area contributed by atoms with Gasteiger partial charge in [-0.1, -0.05) is 30.3 Å². The maximum Gasteiger partial charge on any atom is 0.0589 e. The van der Waals surface area contributed by atoms with E-state index in [-0.39, 0.29) is 0 Å². The lowest BCUT2D eigenvalue weighted by atomic mass is 9.79. The number of nitrogens with zero attached hydrogens (tertiary/aromatic N) is 2. The molecule has 5 heteroatoms. The molecule has 0 amide bonds. The van der Waals surface area contributed by atoms with Gasteiger partial charge in [0.15, 0.2) is 0 Å². The highest BCUT2D eigenvalue weighted by atomic mass is 16.5. The summed E-state index contributed by atoms with van der Waals surface area (Å²) in [6.45, 7) is 9.24. The van der Waals surface area contributed by atoms with E-state index < -0.39 is 0 Å². The van der Waals surface area contributed by atoms with Crippen LogP contribution in [0, 0.1) is 11.3 Å². The summed E-state index contributed by atoms with van der Waals surface area (Å²) in [5.74, 6) is 0.640. The summed E-state index contributed by atoms with van der Waals surface area (Å²) >= 11 is 0. The van der Waals surface area contributed by atoms with Crippen molar-refractivity contribution in [2.45, 2.75) is 25.3 Å². The highest BCUT2D eigenvalue weighted by molar-refractivity contribution is 5.20. The fourth-order valence-corrected chi connectivity index (χ4v) is 5.29. The fourth-order valence-electron chi connectivity index (χ4n) is 5.29. The first kappa shape index (κ1) is 18.4. The minimum absolute atomic E-state index is 0.428. The molecule has 3 aliphatic heterocycles. The number of likely N-dealkylation sites (tertiary alicyclic amines) is 2. The Morgan fingerprint density at radius 1 is 1.12 bits per heavy atom. The molecular weight excluding hydrogens is 324 g/mol. The molecule has 1 aromatic carbocycles. The first-order valence-corrected chi connectivity index (χ1v) is 10.2. The van der Waals surface area contributed by atoms with Gasteiger partial charge in [-0.25, -0.2) is 5.43 Å². The second-order valence-corrected chi connectivity index (χ2v) is 8.53. The lowest BCUT2D eigenvalue weighted by molar-refractivity contribution is 0.0666. The average Bonchev–Trinajstić information content (AvgIpc) is 3.28. The van der Waals surface area contributed by atoms with Crippen LogP contribution in [0.5, 0.6) is 0 Å². The number of rotatable bonds is 6. The molecule has 3 saturated heterocycles. The monoisotopic (exact) mass is 358 g/mol. The van der Waals surface area contributed by atoms with Crippen LogP contribution in [0.2, 0.25) is 0 Å². The van der Waals surface area contributed by atoms with E-state index in [1.165, 1.54) is 57.5 Å². The molecule has 0 radical (unpaired) electrons. The van der Waals surface area contributed by atoms with E-state index in [1.54, 1.807) is 0 Å². The van der Waals surface area contributed by atoms with E-state index in [0.29, 0.717) is 17.4 Å². The van der Waals surface area contributed by atoms with Crippen LogP contribution in [0.1, 0.15) is 30.9 Å². The Morgan fingerprint density at radius 3 is 2.81 bits per heavy atom. The predicted octanol–water partition coefficient (Wildman–Crippen LogP) is 1.89. The van der Waals surface area contributed by atoms with Gasteiger partial charge in [-0.2, -0.15) is 0 Å². The minimum atomic E-state index is 0.428. The summed E-state index contributed by atoms with van der Waals surface area (Å²) in [4.78, 5) is 5.36. The molecule has 3 atom stereocenters. The van der Waals surface area contributed by atoms with Gasteiger partial charge in [0.05, 0.1) is 12.6 Å². The Morgan fingerprint density at radius 2 is 1.96 bits per heavy atom. The summed E-state index contributed by atoms with van der Waals surface area (Å²) in [6, 6.07) is 11.3. The maximum atomic E-state index is 5.29. The quantitative estimate of drug-likeness (QED) is 0.813. The Kier molecular flexibility index (Phi) is 5.91. The standard InChI is InChI=1S/C21H34N4O/c1-26-13-12-24-10-5-8-21(16-24)9-11-25(17-21)15-19-14-22-23-20(19)18-6-3-2-4-7-18/h2-4,6-7,19-20,22-23H,5,8-17H2,1H3. The van der Waals surface area contributed by atoms with Crippen LogP contribution < -0.4 is 10.9 Å². The van der Waals surface area contributed by atoms with Crippen LogP contribution in [0.15, 0.2) is 30.3 Å². The van der Waals surface area contributed by atoms with Crippen LogP contribution in [0.4, 0.5) is 0 Å². The zero-order valence-corrected chi connectivity index (χ0v) is 16.1.